The second-order valence-corrected chi connectivity index (χ2v) is 3.16. The van der Waals surface area contributed by atoms with Gasteiger partial charge in [-0.05, 0) is 13.0 Å². The standard InChI is InChI=1S/C9H7F3N2O3/c1-5-6(13-8(15)9(10,11)12)3-2-4-7(5)14(16)17/h2-4H,1H3,(H,13,15). The largest absolute Gasteiger partial charge is 0.471 e. The normalized spacial score (nSPS) is 11.1. The molecule has 5 nitrogen and oxygen atoms in total. The van der Waals surface area contributed by atoms with E-state index in [1.807, 2.05) is 0 Å². The minimum Gasteiger partial charge on any atom is -0.318 e. The van der Waals surface area contributed by atoms with E-state index in [0.29, 0.717) is 0 Å². The maximum atomic E-state index is 12.0. The Kier molecular flexibility index (Phi) is 3.35. The molecule has 0 heterocycles. The molecule has 1 aromatic rings. The van der Waals surface area contributed by atoms with Gasteiger partial charge in [0, 0.05) is 6.07 Å². The van der Waals surface area contributed by atoms with E-state index in [9.17, 15) is 28.1 Å². The van der Waals surface area contributed by atoms with Gasteiger partial charge in [0.1, 0.15) is 0 Å². The van der Waals surface area contributed by atoms with E-state index in [4.69, 9.17) is 0 Å². The van der Waals surface area contributed by atoms with Gasteiger partial charge in [0.15, 0.2) is 0 Å². The van der Waals surface area contributed by atoms with Gasteiger partial charge in [0.2, 0.25) is 0 Å². The molecule has 0 aliphatic heterocycles. The van der Waals surface area contributed by atoms with Crippen molar-refractivity contribution in [2.24, 2.45) is 0 Å². The van der Waals surface area contributed by atoms with Crippen molar-refractivity contribution in [3.63, 3.8) is 0 Å². The predicted octanol–water partition coefficient (Wildman–Crippen LogP) is 2.40. The zero-order chi connectivity index (χ0) is 13.2. The van der Waals surface area contributed by atoms with E-state index in [0.717, 1.165) is 12.1 Å². The fourth-order valence-electron chi connectivity index (χ4n) is 1.15. The fraction of sp³-hybridized carbons (Fsp3) is 0.222. The number of carbonyl (C=O) groups is 1. The van der Waals surface area contributed by atoms with Crippen LogP contribution in [0.2, 0.25) is 0 Å². The summed E-state index contributed by atoms with van der Waals surface area (Å²) < 4.78 is 35.9. The SMILES string of the molecule is Cc1c(NC(=O)C(F)(F)F)cccc1[N+](=O)[O-]. The van der Waals surface area contributed by atoms with Crippen LogP contribution in [-0.2, 0) is 4.79 Å². The molecule has 0 unspecified atom stereocenters. The highest BCUT2D eigenvalue weighted by molar-refractivity contribution is 5.95. The third kappa shape index (κ3) is 2.92. The van der Waals surface area contributed by atoms with E-state index < -0.39 is 17.0 Å². The minimum atomic E-state index is -5.03. The summed E-state index contributed by atoms with van der Waals surface area (Å²) in [5.74, 6) is -2.17. The van der Waals surface area contributed by atoms with Crippen LogP contribution in [-0.4, -0.2) is 17.0 Å². The number of nitrogens with zero attached hydrogens (tertiary/aromatic N) is 1. The van der Waals surface area contributed by atoms with Gasteiger partial charge in [0.05, 0.1) is 16.2 Å². The van der Waals surface area contributed by atoms with Crippen LogP contribution in [0.15, 0.2) is 18.2 Å². The Morgan fingerprint density at radius 3 is 2.47 bits per heavy atom. The molecule has 17 heavy (non-hydrogen) atoms. The molecule has 0 aliphatic carbocycles. The monoisotopic (exact) mass is 248 g/mol. The molecule has 1 N–H and O–H groups in total. The number of hydrogen-bond donors (Lipinski definition) is 1. The second-order valence-electron chi connectivity index (χ2n) is 3.16. The molecule has 0 saturated carbocycles. The van der Waals surface area contributed by atoms with Crippen molar-refractivity contribution in [3.8, 4) is 0 Å². The van der Waals surface area contributed by atoms with Crippen LogP contribution in [0.4, 0.5) is 24.5 Å². The Morgan fingerprint density at radius 2 is 2.00 bits per heavy atom. The lowest BCUT2D eigenvalue weighted by Crippen LogP contribution is -2.30. The van der Waals surface area contributed by atoms with Crippen molar-refractivity contribution in [2.45, 2.75) is 13.1 Å². The van der Waals surface area contributed by atoms with Gasteiger partial charge in [-0.2, -0.15) is 13.2 Å². The van der Waals surface area contributed by atoms with Gasteiger partial charge in [-0.1, -0.05) is 6.07 Å². The Labute approximate surface area is 93.4 Å². The van der Waals surface area contributed by atoms with Gasteiger partial charge >= 0.3 is 12.1 Å². The van der Waals surface area contributed by atoms with E-state index in [1.165, 1.54) is 13.0 Å². The smallest absolute Gasteiger partial charge is 0.318 e. The van der Waals surface area contributed by atoms with Gasteiger partial charge in [0.25, 0.3) is 5.69 Å². The van der Waals surface area contributed by atoms with E-state index in [2.05, 4.69) is 0 Å². The molecule has 1 aromatic carbocycles. The van der Waals surface area contributed by atoms with Gasteiger partial charge in [-0.25, -0.2) is 0 Å². The lowest BCUT2D eigenvalue weighted by atomic mass is 10.1. The van der Waals surface area contributed by atoms with Gasteiger partial charge < -0.3 is 5.32 Å². The molecule has 0 fully saturated rings. The van der Waals surface area contributed by atoms with Crippen molar-refractivity contribution < 1.29 is 22.9 Å². The average molecular weight is 248 g/mol. The molecule has 0 saturated heterocycles. The van der Waals surface area contributed by atoms with Crippen LogP contribution in [0, 0.1) is 17.0 Å². The molecule has 0 aliphatic rings. The Hall–Kier alpha value is -2.12. The van der Waals surface area contributed by atoms with Gasteiger partial charge in [-0.3, -0.25) is 14.9 Å². The molecule has 0 spiro atoms. The molecule has 0 bridgehead atoms. The third-order valence-corrected chi connectivity index (χ3v) is 2.01. The Bertz CT molecular complexity index is 471. The maximum absolute atomic E-state index is 12.0. The number of halogens is 3. The summed E-state index contributed by atoms with van der Waals surface area (Å²) in [7, 11) is 0. The van der Waals surface area contributed by atoms with Crippen LogP contribution >= 0.6 is 0 Å². The number of nitro groups is 1. The highest BCUT2D eigenvalue weighted by Crippen LogP contribution is 2.26. The van der Waals surface area contributed by atoms with E-state index in [1.54, 1.807) is 5.32 Å². The first-order valence-electron chi connectivity index (χ1n) is 4.35. The summed E-state index contributed by atoms with van der Waals surface area (Å²) in [5, 5.41) is 12.1. The van der Waals surface area contributed by atoms with Crippen molar-refractivity contribution in [1.29, 1.82) is 0 Å². The van der Waals surface area contributed by atoms with Crippen LogP contribution in [0.1, 0.15) is 5.56 Å². The summed E-state index contributed by atoms with van der Waals surface area (Å²) in [4.78, 5) is 20.5. The lowest BCUT2D eigenvalue weighted by Gasteiger charge is -2.10. The highest BCUT2D eigenvalue weighted by atomic mass is 19.4. The molecule has 1 rings (SSSR count). The number of anilines is 1. The second kappa shape index (κ2) is 4.40. The number of nitrogens with one attached hydrogen (secondary N) is 1. The van der Waals surface area contributed by atoms with Gasteiger partial charge in [-0.15, -0.1) is 0 Å². The predicted molar refractivity (Wildman–Crippen MR) is 52.5 cm³/mol. The lowest BCUT2D eigenvalue weighted by molar-refractivity contribution is -0.385. The summed E-state index contributed by atoms with van der Waals surface area (Å²) >= 11 is 0. The minimum absolute atomic E-state index is 0.0323. The van der Waals surface area contributed by atoms with E-state index in [-0.39, 0.29) is 16.9 Å². The van der Waals surface area contributed by atoms with Crippen LogP contribution in [0.25, 0.3) is 0 Å². The molecule has 1 amide bonds. The number of rotatable bonds is 2. The number of hydrogen-bond acceptors (Lipinski definition) is 3. The molecule has 0 radical (unpaired) electrons. The quantitative estimate of drug-likeness (QED) is 0.645. The average Bonchev–Trinajstić information content (AvgIpc) is 2.19. The molecule has 0 aromatic heterocycles. The Morgan fingerprint density at radius 1 is 1.41 bits per heavy atom. The first-order chi connectivity index (χ1) is 7.73. The van der Waals surface area contributed by atoms with Crippen LogP contribution < -0.4 is 5.32 Å². The number of amides is 1. The molecule has 8 heteroatoms. The van der Waals surface area contributed by atoms with E-state index >= 15 is 0 Å². The van der Waals surface area contributed by atoms with Crippen molar-refractivity contribution >= 4 is 17.3 Å². The third-order valence-electron chi connectivity index (χ3n) is 2.01. The zero-order valence-corrected chi connectivity index (χ0v) is 8.54. The first kappa shape index (κ1) is 12.9. The summed E-state index contributed by atoms with van der Waals surface area (Å²) in [6.07, 6.45) is -5.03. The topological polar surface area (TPSA) is 72.2 Å². The molecular formula is C9H7F3N2O3. The molecule has 92 valence electrons. The Balaban J connectivity index is 3.05. The summed E-state index contributed by atoms with van der Waals surface area (Å²) in [5.41, 5.74) is -0.624. The number of benzene rings is 1. The molecular weight excluding hydrogens is 241 g/mol. The number of nitro benzene ring substituents is 1. The summed E-state index contributed by atoms with van der Waals surface area (Å²) in [6, 6.07) is 3.49. The summed E-state index contributed by atoms with van der Waals surface area (Å²) in [6.45, 7) is 1.25. The van der Waals surface area contributed by atoms with Crippen molar-refractivity contribution in [3.05, 3.63) is 33.9 Å². The van der Waals surface area contributed by atoms with Crippen LogP contribution in [0.5, 0.6) is 0 Å². The number of carbonyl (C=O) groups excluding carboxylic acids is 1. The fourth-order valence-corrected chi connectivity index (χ4v) is 1.15. The van der Waals surface area contributed by atoms with Crippen molar-refractivity contribution in [1.82, 2.24) is 0 Å². The first-order valence-corrected chi connectivity index (χ1v) is 4.35. The number of alkyl halides is 3. The molecule has 0 atom stereocenters. The maximum Gasteiger partial charge on any atom is 0.471 e. The van der Waals surface area contributed by atoms with Crippen molar-refractivity contribution in [2.75, 3.05) is 5.32 Å². The van der Waals surface area contributed by atoms with Crippen LogP contribution in [0.3, 0.4) is 0 Å². The highest BCUT2D eigenvalue weighted by Gasteiger charge is 2.39. The zero-order valence-electron chi connectivity index (χ0n) is 8.54.